The van der Waals surface area contributed by atoms with Gasteiger partial charge in [0.2, 0.25) is 0 Å². The number of ether oxygens (including phenoxy) is 1. The summed E-state index contributed by atoms with van der Waals surface area (Å²) in [4.78, 5) is 13.3. The van der Waals surface area contributed by atoms with Crippen LogP contribution >= 0.6 is 0 Å². The number of aromatic nitrogens is 3. The van der Waals surface area contributed by atoms with Crippen LogP contribution < -0.4 is 10.1 Å². The van der Waals surface area contributed by atoms with Crippen molar-refractivity contribution in [3.05, 3.63) is 66.5 Å². The van der Waals surface area contributed by atoms with E-state index in [1.54, 1.807) is 37.6 Å². The van der Waals surface area contributed by atoms with Crippen LogP contribution in [-0.2, 0) is 0 Å². The van der Waals surface area contributed by atoms with E-state index in [2.05, 4.69) is 20.3 Å². The largest absolute Gasteiger partial charge is 0.494 e. The highest BCUT2D eigenvalue weighted by Crippen LogP contribution is 2.39. The van der Waals surface area contributed by atoms with Crippen molar-refractivity contribution in [3.8, 4) is 28.3 Å². The van der Waals surface area contributed by atoms with Gasteiger partial charge in [0.25, 0.3) is 0 Å². The third kappa shape index (κ3) is 3.11. The van der Waals surface area contributed by atoms with Crippen LogP contribution in [0.2, 0.25) is 0 Å². The molecule has 0 radical (unpaired) electrons. The van der Waals surface area contributed by atoms with E-state index in [1.807, 2.05) is 6.07 Å². The molecule has 1 N–H and O–H groups in total. The molecule has 28 heavy (non-hydrogen) atoms. The monoisotopic (exact) mass is 378 g/mol. The molecular weight excluding hydrogens is 362 g/mol. The number of hydrogen-bond donors (Lipinski definition) is 1. The Morgan fingerprint density at radius 2 is 1.75 bits per heavy atom. The van der Waals surface area contributed by atoms with Crippen LogP contribution in [-0.4, -0.2) is 29.1 Å². The molecular formula is C21H16F2N4O. The highest BCUT2D eigenvalue weighted by Gasteiger charge is 2.17. The van der Waals surface area contributed by atoms with E-state index < -0.39 is 11.6 Å². The second kappa shape index (κ2) is 7.19. The van der Waals surface area contributed by atoms with Crippen molar-refractivity contribution < 1.29 is 13.5 Å². The zero-order chi connectivity index (χ0) is 19.7. The second-order valence-electron chi connectivity index (χ2n) is 6.09. The third-order valence-corrected chi connectivity index (χ3v) is 4.36. The molecule has 5 nitrogen and oxygen atoms in total. The molecule has 0 unspecified atom stereocenters. The number of fused-ring (bicyclic) bond motifs is 1. The van der Waals surface area contributed by atoms with Crippen LogP contribution in [0.1, 0.15) is 0 Å². The van der Waals surface area contributed by atoms with Gasteiger partial charge >= 0.3 is 0 Å². The first-order chi connectivity index (χ1) is 13.6. The number of nitrogens with one attached hydrogen (secondary N) is 1. The lowest BCUT2D eigenvalue weighted by Crippen LogP contribution is -2.01. The molecule has 0 fully saturated rings. The summed E-state index contributed by atoms with van der Waals surface area (Å²) >= 11 is 0. The van der Waals surface area contributed by atoms with Crippen LogP contribution in [0.15, 0.2) is 54.9 Å². The maximum atomic E-state index is 13.7. The SMILES string of the molecule is CNc1nc(-c2cccnc2)nc2c(OC)c(-c3cc(F)cc(F)c3)ccc12. The van der Waals surface area contributed by atoms with Crippen molar-refractivity contribution in [1.29, 1.82) is 0 Å². The molecule has 0 saturated heterocycles. The van der Waals surface area contributed by atoms with Gasteiger partial charge in [0.05, 0.1) is 7.11 Å². The Bertz CT molecular complexity index is 1150. The molecule has 2 aromatic carbocycles. The fourth-order valence-electron chi connectivity index (χ4n) is 3.13. The Balaban J connectivity index is 2.02. The molecule has 7 heteroatoms. The minimum atomic E-state index is -0.660. The molecule has 2 aromatic heterocycles. The lowest BCUT2D eigenvalue weighted by atomic mass is 10.0. The summed E-state index contributed by atoms with van der Waals surface area (Å²) in [6.45, 7) is 0. The number of methoxy groups -OCH3 is 1. The summed E-state index contributed by atoms with van der Waals surface area (Å²) in [7, 11) is 3.26. The third-order valence-electron chi connectivity index (χ3n) is 4.36. The number of rotatable bonds is 4. The topological polar surface area (TPSA) is 59.9 Å². The Morgan fingerprint density at radius 1 is 0.964 bits per heavy atom. The first-order valence-corrected chi connectivity index (χ1v) is 8.54. The van der Waals surface area contributed by atoms with Crippen LogP contribution in [0.25, 0.3) is 33.4 Å². The molecule has 0 aliphatic rings. The summed E-state index contributed by atoms with van der Waals surface area (Å²) < 4.78 is 33.1. The molecule has 0 aliphatic heterocycles. The summed E-state index contributed by atoms with van der Waals surface area (Å²) in [5, 5.41) is 3.79. The summed E-state index contributed by atoms with van der Waals surface area (Å²) in [5.41, 5.74) is 2.17. The highest BCUT2D eigenvalue weighted by molar-refractivity contribution is 5.99. The average Bonchev–Trinajstić information content (AvgIpc) is 2.71. The Labute approximate surface area is 160 Å². The summed E-state index contributed by atoms with van der Waals surface area (Å²) in [6.07, 6.45) is 3.33. The van der Waals surface area contributed by atoms with Crippen LogP contribution in [0.4, 0.5) is 14.6 Å². The van der Waals surface area contributed by atoms with Gasteiger partial charge in [-0.2, -0.15) is 0 Å². The Kier molecular flexibility index (Phi) is 4.57. The lowest BCUT2D eigenvalue weighted by Gasteiger charge is -2.15. The van der Waals surface area contributed by atoms with E-state index in [0.29, 0.717) is 34.0 Å². The Morgan fingerprint density at radius 3 is 2.39 bits per heavy atom. The van der Waals surface area contributed by atoms with Crippen molar-refractivity contribution in [3.63, 3.8) is 0 Å². The number of halogens is 2. The molecule has 0 aliphatic carbocycles. The van der Waals surface area contributed by atoms with Gasteiger partial charge in [0, 0.05) is 42.0 Å². The molecule has 0 atom stereocenters. The van der Waals surface area contributed by atoms with Crippen molar-refractivity contribution in [2.75, 3.05) is 19.5 Å². The minimum absolute atomic E-state index is 0.365. The van der Waals surface area contributed by atoms with Crippen molar-refractivity contribution in [2.45, 2.75) is 0 Å². The van der Waals surface area contributed by atoms with Gasteiger partial charge in [-0.15, -0.1) is 0 Å². The van der Waals surface area contributed by atoms with Gasteiger partial charge in [0.1, 0.15) is 23.0 Å². The second-order valence-corrected chi connectivity index (χ2v) is 6.09. The minimum Gasteiger partial charge on any atom is -0.494 e. The van der Waals surface area contributed by atoms with Crippen LogP contribution in [0, 0.1) is 11.6 Å². The fourth-order valence-corrected chi connectivity index (χ4v) is 3.13. The van der Waals surface area contributed by atoms with Gasteiger partial charge < -0.3 is 10.1 Å². The molecule has 0 spiro atoms. The maximum Gasteiger partial charge on any atom is 0.163 e. The molecule has 2 heterocycles. The quantitative estimate of drug-likeness (QED) is 0.558. The summed E-state index contributed by atoms with van der Waals surface area (Å²) in [6, 6.07) is 10.5. The zero-order valence-electron chi connectivity index (χ0n) is 15.2. The smallest absolute Gasteiger partial charge is 0.163 e. The standard InChI is InChI=1S/C21H16F2N4O/c1-24-21-17-6-5-16(13-8-14(22)10-15(23)9-13)19(28-2)18(17)26-20(27-21)12-4-3-7-25-11-12/h3-11H,1-2H3,(H,24,26,27). The molecule has 4 aromatic rings. The first-order valence-electron chi connectivity index (χ1n) is 8.54. The molecule has 4 rings (SSSR count). The lowest BCUT2D eigenvalue weighted by molar-refractivity contribution is 0.420. The predicted octanol–water partition coefficient (Wildman–Crippen LogP) is 4.69. The average molecular weight is 378 g/mol. The highest BCUT2D eigenvalue weighted by atomic mass is 19.1. The van der Waals surface area contributed by atoms with Crippen molar-refractivity contribution in [2.24, 2.45) is 0 Å². The van der Waals surface area contributed by atoms with E-state index in [-0.39, 0.29) is 0 Å². The van der Waals surface area contributed by atoms with Gasteiger partial charge in [-0.3, -0.25) is 4.98 Å². The molecule has 0 saturated carbocycles. The van der Waals surface area contributed by atoms with E-state index >= 15 is 0 Å². The van der Waals surface area contributed by atoms with Gasteiger partial charge in [-0.05, 0) is 42.0 Å². The fraction of sp³-hybridized carbons (Fsp3) is 0.0952. The number of hydrogen-bond acceptors (Lipinski definition) is 5. The molecule has 0 amide bonds. The molecule has 140 valence electrons. The maximum absolute atomic E-state index is 13.7. The van der Waals surface area contributed by atoms with Crippen molar-refractivity contribution >= 4 is 16.7 Å². The molecule has 0 bridgehead atoms. The summed E-state index contributed by atoms with van der Waals surface area (Å²) in [5.74, 6) is 0.162. The predicted molar refractivity (Wildman–Crippen MR) is 104 cm³/mol. The number of nitrogens with zero attached hydrogens (tertiary/aromatic N) is 3. The normalized spacial score (nSPS) is 10.9. The number of benzene rings is 2. The van der Waals surface area contributed by atoms with E-state index in [9.17, 15) is 8.78 Å². The zero-order valence-corrected chi connectivity index (χ0v) is 15.2. The number of pyridine rings is 1. The van der Waals surface area contributed by atoms with E-state index in [1.165, 1.54) is 19.2 Å². The Hall–Kier alpha value is -3.61. The first kappa shape index (κ1) is 17.8. The number of anilines is 1. The van der Waals surface area contributed by atoms with Crippen LogP contribution in [0.5, 0.6) is 5.75 Å². The van der Waals surface area contributed by atoms with Gasteiger partial charge in [-0.25, -0.2) is 18.7 Å². The van der Waals surface area contributed by atoms with E-state index in [4.69, 9.17) is 4.74 Å². The van der Waals surface area contributed by atoms with Gasteiger partial charge in [-0.1, -0.05) is 0 Å². The van der Waals surface area contributed by atoms with Gasteiger partial charge in [0.15, 0.2) is 11.6 Å². The van der Waals surface area contributed by atoms with Crippen LogP contribution in [0.3, 0.4) is 0 Å². The van der Waals surface area contributed by atoms with E-state index in [0.717, 1.165) is 17.0 Å². The van der Waals surface area contributed by atoms with Crippen molar-refractivity contribution in [1.82, 2.24) is 15.0 Å².